The third-order valence-electron chi connectivity index (χ3n) is 3.76. The second-order valence-corrected chi connectivity index (χ2v) is 5.82. The Morgan fingerprint density at radius 2 is 2.12 bits per heavy atom. The number of hydrogen-bond donors (Lipinski definition) is 2. The lowest BCUT2D eigenvalue weighted by Crippen LogP contribution is -2.42. The Morgan fingerprint density at radius 3 is 2.73 bits per heavy atom. The lowest BCUT2D eigenvalue weighted by molar-refractivity contribution is 0.223. The van der Waals surface area contributed by atoms with Crippen molar-refractivity contribution in [1.82, 2.24) is 15.8 Å². The van der Waals surface area contributed by atoms with Crippen LogP contribution in [0.2, 0.25) is 0 Å². The molecule has 2 N–H and O–H groups in total. The normalized spacial score (nSPS) is 12.3. The predicted octanol–water partition coefficient (Wildman–Crippen LogP) is 3.22. The van der Waals surface area contributed by atoms with E-state index in [1.54, 1.807) is 19.2 Å². The summed E-state index contributed by atoms with van der Waals surface area (Å²) < 4.78 is 24.0. The van der Waals surface area contributed by atoms with Crippen molar-refractivity contribution in [3.63, 3.8) is 0 Å². The molecule has 1 aromatic carbocycles. The molecule has 2 rings (SSSR count). The number of rotatable bonds is 7. The van der Waals surface area contributed by atoms with E-state index in [1.807, 2.05) is 20.8 Å². The quantitative estimate of drug-likeness (QED) is 0.365. The lowest BCUT2D eigenvalue weighted by atomic mass is 10.1. The van der Waals surface area contributed by atoms with Crippen molar-refractivity contribution >= 4 is 29.9 Å². The first-order valence-electron chi connectivity index (χ1n) is 8.28. The average Bonchev–Trinajstić information content (AvgIpc) is 2.89. The molecule has 144 valence electrons. The largest absolute Gasteiger partial charge is 0.489 e. The molecular formula is C18H26FIN4O2. The summed E-state index contributed by atoms with van der Waals surface area (Å²) in [7, 11) is 1.71. The van der Waals surface area contributed by atoms with Crippen LogP contribution in [0.5, 0.6) is 5.75 Å². The van der Waals surface area contributed by atoms with E-state index in [0.29, 0.717) is 24.8 Å². The van der Waals surface area contributed by atoms with E-state index < -0.39 is 0 Å². The van der Waals surface area contributed by atoms with Crippen molar-refractivity contribution in [1.29, 1.82) is 0 Å². The van der Waals surface area contributed by atoms with Crippen LogP contribution in [0.25, 0.3) is 0 Å². The summed E-state index contributed by atoms with van der Waals surface area (Å²) in [5.41, 5.74) is 2.03. The van der Waals surface area contributed by atoms with Crippen molar-refractivity contribution in [3.05, 3.63) is 47.1 Å². The maximum absolute atomic E-state index is 13.2. The fourth-order valence-corrected chi connectivity index (χ4v) is 2.44. The third kappa shape index (κ3) is 6.81. The predicted molar refractivity (Wildman–Crippen MR) is 111 cm³/mol. The fraction of sp³-hybridized carbons (Fsp3) is 0.444. The van der Waals surface area contributed by atoms with Crippen LogP contribution in [0.1, 0.15) is 23.9 Å². The molecule has 1 unspecified atom stereocenters. The van der Waals surface area contributed by atoms with E-state index in [-0.39, 0.29) is 35.9 Å². The number of hydrogen-bond acceptors (Lipinski definition) is 4. The number of halogens is 2. The first kappa shape index (κ1) is 22.2. The highest BCUT2D eigenvalue weighted by molar-refractivity contribution is 14.0. The van der Waals surface area contributed by atoms with Gasteiger partial charge >= 0.3 is 0 Å². The fourth-order valence-electron chi connectivity index (χ4n) is 2.44. The van der Waals surface area contributed by atoms with Crippen LogP contribution < -0.4 is 15.4 Å². The highest BCUT2D eigenvalue weighted by atomic mass is 127. The van der Waals surface area contributed by atoms with Crippen LogP contribution in [0, 0.1) is 19.7 Å². The number of nitrogens with zero attached hydrogens (tertiary/aromatic N) is 2. The Hall–Kier alpha value is -1.84. The summed E-state index contributed by atoms with van der Waals surface area (Å²) in [5.74, 6) is 1.73. The van der Waals surface area contributed by atoms with Crippen molar-refractivity contribution < 1.29 is 13.7 Å². The van der Waals surface area contributed by atoms with E-state index in [1.165, 1.54) is 12.1 Å². The Kier molecular flexibility index (Phi) is 9.39. The number of aromatic nitrogens is 1. The van der Waals surface area contributed by atoms with Gasteiger partial charge in [-0.1, -0.05) is 11.2 Å². The van der Waals surface area contributed by atoms with Crippen LogP contribution in [0.4, 0.5) is 4.39 Å². The number of benzene rings is 1. The number of aryl methyl sites for hydroxylation is 2. The molecule has 0 fully saturated rings. The maximum Gasteiger partial charge on any atom is 0.191 e. The van der Waals surface area contributed by atoms with Gasteiger partial charge in [0.1, 0.15) is 23.4 Å². The first-order chi connectivity index (χ1) is 12.0. The smallest absolute Gasteiger partial charge is 0.191 e. The van der Waals surface area contributed by atoms with Crippen molar-refractivity contribution in [2.45, 2.75) is 33.3 Å². The van der Waals surface area contributed by atoms with Gasteiger partial charge in [-0.05, 0) is 39.3 Å². The molecule has 1 heterocycles. The van der Waals surface area contributed by atoms with Gasteiger partial charge in [0.05, 0.1) is 12.2 Å². The Balaban J connectivity index is 0.00000338. The number of guanidine groups is 1. The van der Waals surface area contributed by atoms with Crippen molar-refractivity contribution in [2.24, 2.45) is 4.99 Å². The number of ether oxygens (including phenoxy) is 1. The summed E-state index contributed by atoms with van der Waals surface area (Å²) in [5, 5.41) is 10.4. The van der Waals surface area contributed by atoms with Gasteiger partial charge in [-0.3, -0.25) is 4.99 Å². The van der Waals surface area contributed by atoms with Gasteiger partial charge in [-0.15, -0.1) is 24.0 Å². The highest BCUT2D eigenvalue weighted by Gasteiger charge is 2.09. The van der Waals surface area contributed by atoms with E-state index in [4.69, 9.17) is 9.26 Å². The van der Waals surface area contributed by atoms with Gasteiger partial charge in [0.15, 0.2) is 5.96 Å². The van der Waals surface area contributed by atoms with E-state index in [9.17, 15) is 4.39 Å². The summed E-state index contributed by atoms with van der Waals surface area (Å²) in [6.45, 7) is 7.01. The zero-order chi connectivity index (χ0) is 18.2. The monoisotopic (exact) mass is 476 g/mol. The molecule has 0 aliphatic carbocycles. The summed E-state index contributed by atoms with van der Waals surface area (Å²) in [6, 6.07) is 6.12. The molecule has 1 aromatic heterocycles. The molecule has 0 radical (unpaired) electrons. The maximum atomic E-state index is 13.2. The molecule has 2 aromatic rings. The van der Waals surface area contributed by atoms with Gasteiger partial charge in [-0.25, -0.2) is 4.39 Å². The first-order valence-corrected chi connectivity index (χ1v) is 8.28. The molecule has 0 bridgehead atoms. The van der Waals surface area contributed by atoms with Crippen LogP contribution in [-0.4, -0.2) is 37.4 Å². The molecule has 6 nitrogen and oxygen atoms in total. The van der Waals surface area contributed by atoms with Gasteiger partial charge in [0.25, 0.3) is 0 Å². The average molecular weight is 476 g/mol. The van der Waals surface area contributed by atoms with E-state index in [2.05, 4.69) is 20.8 Å². The molecule has 0 aliphatic rings. The van der Waals surface area contributed by atoms with Gasteiger partial charge < -0.3 is 19.9 Å². The van der Waals surface area contributed by atoms with Crippen LogP contribution in [0.3, 0.4) is 0 Å². The number of nitrogens with one attached hydrogen (secondary N) is 2. The van der Waals surface area contributed by atoms with Crippen molar-refractivity contribution in [3.8, 4) is 5.75 Å². The zero-order valence-electron chi connectivity index (χ0n) is 15.5. The molecule has 0 spiro atoms. The highest BCUT2D eigenvalue weighted by Crippen LogP contribution is 2.13. The minimum Gasteiger partial charge on any atom is -0.489 e. The second kappa shape index (κ2) is 11.0. The lowest BCUT2D eigenvalue weighted by Gasteiger charge is -2.17. The minimum atomic E-state index is -0.311. The molecule has 1 atom stereocenters. The van der Waals surface area contributed by atoms with Crippen LogP contribution in [0.15, 0.2) is 33.8 Å². The van der Waals surface area contributed by atoms with E-state index in [0.717, 1.165) is 23.4 Å². The van der Waals surface area contributed by atoms with Gasteiger partial charge in [0, 0.05) is 25.2 Å². The molecule has 0 saturated carbocycles. The third-order valence-corrected chi connectivity index (χ3v) is 3.76. The molecule has 0 aliphatic heterocycles. The second-order valence-electron chi connectivity index (χ2n) is 5.82. The zero-order valence-corrected chi connectivity index (χ0v) is 17.8. The topological polar surface area (TPSA) is 71.7 Å². The molecule has 8 heteroatoms. The summed E-state index contributed by atoms with van der Waals surface area (Å²) in [6.07, 6.45) is 0.667. The Morgan fingerprint density at radius 1 is 1.35 bits per heavy atom. The minimum absolute atomic E-state index is 0. The van der Waals surface area contributed by atoms with Crippen LogP contribution >= 0.6 is 24.0 Å². The van der Waals surface area contributed by atoms with E-state index >= 15 is 0 Å². The molecule has 26 heavy (non-hydrogen) atoms. The molecular weight excluding hydrogens is 450 g/mol. The van der Waals surface area contributed by atoms with Gasteiger partial charge in [-0.2, -0.15) is 0 Å². The SMILES string of the molecule is CN=C(NCCc1c(C)noc1C)NCC(C)Oc1cccc(F)c1.I. The number of aliphatic imine (C=N–C) groups is 1. The van der Waals surface area contributed by atoms with Crippen LogP contribution in [-0.2, 0) is 6.42 Å². The van der Waals surface area contributed by atoms with Crippen molar-refractivity contribution in [2.75, 3.05) is 20.1 Å². The summed E-state index contributed by atoms with van der Waals surface area (Å²) in [4.78, 5) is 4.18. The Bertz CT molecular complexity index is 701. The standard InChI is InChI=1S/C18H25FN4O2.HI/c1-12(24-16-7-5-6-15(19)10-16)11-22-18(20-4)21-9-8-17-13(2)23-25-14(17)3;/h5-7,10,12H,8-9,11H2,1-4H3,(H2,20,21,22);1H. The molecule has 0 amide bonds. The molecule has 0 saturated heterocycles. The summed E-state index contributed by atoms with van der Waals surface area (Å²) >= 11 is 0. The Labute approximate surface area is 170 Å². The van der Waals surface area contributed by atoms with Gasteiger partial charge in [0.2, 0.25) is 0 Å².